The Labute approximate surface area is 168 Å². The van der Waals surface area contributed by atoms with Gasteiger partial charge in [0.15, 0.2) is 11.5 Å². The average molecular weight is 392 g/mol. The van der Waals surface area contributed by atoms with Crippen LogP contribution >= 0.6 is 0 Å². The van der Waals surface area contributed by atoms with Crippen molar-refractivity contribution in [2.45, 2.75) is 49.3 Å². The second kappa shape index (κ2) is 5.89. The zero-order chi connectivity index (χ0) is 19.8. The number of carbonyl (C=O) groups is 1. The summed E-state index contributed by atoms with van der Waals surface area (Å²) in [7, 11) is 0. The molecule has 2 aliphatic carbocycles. The molecule has 150 valence electrons. The highest BCUT2D eigenvalue weighted by atomic mass is 16.5. The number of piperidine rings is 1. The lowest BCUT2D eigenvalue weighted by atomic mass is 9.51. The SMILES string of the molecule is O=C(N[C@@H]1CC[C@H]2[C@H]3Cc4c(O)c(O)cc5c4[C@@]2(CCN3)[C@H]1O5)c1ccccc1. The Hall–Kier alpha value is -2.73. The molecule has 1 saturated heterocycles. The fourth-order valence-electron chi connectivity index (χ4n) is 6.52. The lowest BCUT2D eigenvalue weighted by Crippen LogP contribution is -2.68. The lowest BCUT2D eigenvalue weighted by Gasteiger charge is -2.56. The van der Waals surface area contributed by atoms with Crippen molar-refractivity contribution in [2.75, 3.05) is 6.54 Å². The van der Waals surface area contributed by atoms with Gasteiger partial charge >= 0.3 is 0 Å². The summed E-state index contributed by atoms with van der Waals surface area (Å²) in [6.07, 6.45) is 3.27. The van der Waals surface area contributed by atoms with Crippen molar-refractivity contribution in [3.05, 3.63) is 53.1 Å². The third-order valence-electron chi connectivity index (χ3n) is 7.59. The van der Waals surface area contributed by atoms with Gasteiger partial charge in [0.25, 0.3) is 5.91 Å². The minimum atomic E-state index is -0.225. The number of hydrogen-bond acceptors (Lipinski definition) is 5. The Morgan fingerprint density at radius 2 is 2.03 bits per heavy atom. The van der Waals surface area contributed by atoms with Crippen LogP contribution in [0.3, 0.4) is 0 Å². The predicted octanol–water partition coefficient (Wildman–Crippen LogP) is 2.22. The van der Waals surface area contributed by atoms with Crippen molar-refractivity contribution in [2.24, 2.45) is 5.92 Å². The van der Waals surface area contributed by atoms with Gasteiger partial charge in [-0.1, -0.05) is 18.2 Å². The highest BCUT2D eigenvalue weighted by Crippen LogP contribution is 2.63. The van der Waals surface area contributed by atoms with Gasteiger partial charge in [-0.3, -0.25) is 4.79 Å². The molecular weight excluding hydrogens is 368 g/mol. The van der Waals surface area contributed by atoms with E-state index in [4.69, 9.17) is 4.74 Å². The van der Waals surface area contributed by atoms with E-state index in [9.17, 15) is 15.0 Å². The van der Waals surface area contributed by atoms with Gasteiger partial charge < -0.3 is 25.6 Å². The molecule has 2 bridgehead atoms. The van der Waals surface area contributed by atoms with Gasteiger partial charge in [-0.25, -0.2) is 0 Å². The molecule has 2 heterocycles. The number of amides is 1. The highest BCUT2D eigenvalue weighted by Gasteiger charge is 2.64. The van der Waals surface area contributed by atoms with E-state index in [2.05, 4.69) is 10.6 Å². The van der Waals surface area contributed by atoms with Crippen LogP contribution in [0.1, 0.15) is 40.7 Å². The maximum Gasteiger partial charge on any atom is 0.251 e. The van der Waals surface area contributed by atoms with Crippen molar-refractivity contribution in [3.63, 3.8) is 0 Å². The normalized spacial score (nSPS) is 33.5. The van der Waals surface area contributed by atoms with Gasteiger partial charge in [0.2, 0.25) is 0 Å². The zero-order valence-corrected chi connectivity index (χ0v) is 16.0. The van der Waals surface area contributed by atoms with Gasteiger partial charge in [-0.05, 0) is 50.3 Å². The van der Waals surface area contributed by atoms with Crippen molar-refractivity contribution >= 4 is 5.91 Å². The molecule has 0 aromatic heterocycles. The molecule has 2 aromatic rings. The molecule has 6 heteroatoms. The second-order valence-corrected chi connectivity index (χ2v) is 8.82. The number of phenols is 2. The minimum absolute atomic E-state index is 0.0185. The van der Waals surface area contributed by atoms with E-state index in [1.807, 2.05) is 30.3 Å². The van der Waals surface area contributed by atoms with Crippen LogP contribution in [0, 0.1) is 5.92 Å². The predicted molar refractivity (Wildman–Crippen MR) is 106 cm³/mol. The van der Waals surface area contributed by atoms with Gasteiger partial charge in [-0.2, -0.15) is 0 Å². The van der Waals surface area contributed by atoms with Crippen LogP contribution in [-0.4, -0.2) is 40.9 Å². The molecule has 4 N–H and O–H groups in total. The van der Waals surface area contributed by atoms with Crippen molar-refractivity contribution in [3.8, 4) is 17.2 Å². The first-order valence-corrected chi connectivity index (χ1v) is 10.4. The Balaban J connectivity index is 1.43. The summed E-state index contributed by atoms with van der Waals surface area (Å²) in [5.74, 6) is 0.845. The monoisotopic (exact) mass is 392 g/mol. The molecule has 1 spiro atoms. The van der Waals surface area contributed by atoms with E-state index in [0.29, 0.717) is 23.7 Å². The fourth-order valence-corrected chi connectivity index (χ4v) is 6.52. The van der Waals surface area contributed by atoms with Crippen LogP contribution in [0.4, 0.5) is 0 Å². The maximum atomic E-state index is 12.9. The smallest absolute Gasteiger partial charge is 0.251 e. The average Bonchev–Trinajstić information content (AvgIpc) is 3.04. The van der Waals surface area contributed by atoms with Crippen LogP contribution in [0.2, 0.25) is 0 Å². The molecule has 2 fully saturated rings. The molecular formula is C23H24N2O4. The van der Waals surface area contributed by atoms with Crippen LogP contribution < -0.4 is 15.4 Å². The molecule has 5 atom stereocenters. The van der Waals surface area contributed by atoms with Crippen LogP contribution in [0.25, 0.3) is 0 Å². The minimum Gasteiger partial charge on any atom is -0.504 e. The molecule has 0 unspecified atom stereocenters. The summed E-state index contributed by atoms with van der Waals surface area (Å²) >= 11 is 0. The van der Waals surface area contributed by atoms with E-state index in [1.165, 1.54) is 0 Å². The Morgan fingerprint density at radius 1 is 1.21 bits per heavy atom. The first kappa shape index (κ1) is 17.2. The van der Waals surface area contributed by atoms with E-state index in [1.54, 1.807) is 6.07 Å². The maximum absolute atomic E-state index is 12.9. The molecule has 0 radical (unpaired) electrons. The van der Waals surface area contributed by atoms with Gasteiger partial charge in [0, 0.05) is 34.2 Å². The summed E-state index contributed by atoms with van der Waals surface area (Å²) in [5.41, 5.74) is 2.30. The largest absolute Gasteiger partial charge is 0.504 e. The summed E-state index contributed by atoms with van der Waals surface area (Å²) < 4.78 is 6.45. The summed E-state index contributed by atoms with van der Waals surface area (Å²) in [6, 6.07) is 11.0. The Bertz CT molecular complexity index is 1010. The number of phenolic OH excluding ortho intramolecular Hbond substituents is 2. The molecule has 6 nitrogen and oxygen atoms in total. The van der Waals surface area contributed by atoms with E-state index >= 15 is 0 Å². The Morgan fingerprint density at radius 3 is 2.86 bits per heavy atom. The zero-order valence-electron chi connectivity index (χ0n) is 16.0. The first-order chi connectivity index (χ1) is 14.1. The van der Waals surface area contributed by atoms with Gasteiger partial charge in [0.1, 0.15) is 11.9 Å². The number of aromatic hydroxyl groups is 2. The summed E-state index contributed by atoms with van der Waals surface area (Å²) in [6.45, 7) is 0.890. The lowest BCUT2D eigenvalue weighted by molar-refractivity contribution is -0.0170. The number of ether oxygens (including phenoxy) is 1. The summed E-state index contributed by atoms with van der Waals surface area (Å²) in [4.78, 5) is 12.9. The Kier molecular flexibility index (Phi) is 3.48. The van der Waals surface area contributed by atoms with Crippen LogP contribution in [0.5, 0.6) is 17.2 Å². The molecule has 6 rings (SSSR count). The molecule has 4 aliphatic rings. The number of benzene rings is 2. The topological polar surface area (TPSA) is 90.8 Å². The number of nitrogens with one attached hydrogen (secondary N) is 2. The standard InChI is InChI=1S/C23H24N2O4/c26-17-11-18-19-13(20(17)27)10-16-14-6-7-15(21(29-18)23(14,19)8-9-24-16)25-22(28)12-4-2-1-3-5-12/h1-5,11,14-16,21,24,26-27H,6-10H2,(H,25,28)/t14-,15+,16+,21-,23-/m0/s1. The summed E-state index contributed by atoms with van der Waals surface area (Å²) in [5, 5.41) is 27.7. The van der Waals surface area contributed by atoms with E-state index < -0.39 is 0 Å². The van der Waals surface area contributed by atoms with Crippen molar-refractivity contribution < 1.29 is 19.7 Å². The molecule has 2 aliphatic heterocycles. The molecule has 2 aromatic carbocycles. The number of hydrogen-bond donors (Lipinski definition) is 4. The third-order valence-corrected chi connectivity index (χ3v) is 7.59. The number of rotatable bonds is 2. The second-order valence-electron chi connectivity index (χ2n) is 8.82. The van der Waals surface area contributed by atoms with Crippen molar-refractivity contribution in [1.82, 2.24) is 10.6 Å². The van der Waals surface area contributed by atoms with Gasteiger partial charge in [0.05, 0.1) is 6.04 Å². The quantitative estimate of drug-likeness (QED) is 0.589. The number of carbonyl (C=O) groups excluding carboxylic acids is 1. The highest BCUT2D eigenvalue weighted by molar-refractivity contribution is 5.94. The van der Waals surface area contributed by atoms with Crippen LogP contribution in [-0.2, 0) is 11.8 Å². The first-order valence-electron chi connectivity index (χ1n) is 10.4. The molecule has 1 saturated carbocycles. The molecule has 29 heavy (non-hydrogen) atoms. The van der Waals surface area contributed by atoms with E-state index in [-0.39, 0.29) is 41.0 Å². The van der Waals surface area contributed by atoms with Crippen LogP contribution in [0.15, 0.2) is 36.4 Å². The van der Waals surface area contributed by atoms with Gasteiger partial charge in [-0.15, -0.1) is 0 Å². The fraction of sp³-hybridized carbons (Fsp3) is 0.435. The van der Waals surface area contributed by atoms with Crippen molar-refractivity contribution in [1.29, 1.82) is 0 Å². The third kappa shape index (κ3) is 2.18. The van der Waals surface area contributed by atoms with E-state index in [0.717, 1.165) is 36.9 Å². The molecule has 1 amide bonds.